The topological polar surface area (TPSA) is 73.8 Å². The number of fused-ring (bicyclic) bond motifs is 1. The minimum absolute atomic E-state index is 0.0768. The number of allylic oxidation sites excluding steroid dienone is 2. The monoisotopic (exact) mass is 484 g/mol. The summed E-state index contributed by atoms with van der Waals surface area (Å²) >= 11 is 0. The summed E-state index contributed by atoms with van der Waals surface area (Å²) < 4.78 is 20.7. The second kappa shape index (κ2) is 11.8. The zero-order valence-corrected chi connectivity index (χ0v) is 21.1. The number of hydrogen-bond acceptors (Lipinski definition) is 6. The van der Waals surface area contributed by atoms with Crippen molar-refractivity contribution >= 4 is 16.9 Å². The van der Waals surface area contributed by atoms with Crippen LogP contribution in [0.1, 0.15) is 44.7 Å². The van der Waals surface area contributed by atoms with E-state index in [0.29, 0.717) is 25.2 Å². The number of carbonyl (C=O) groups is 1. The number of urea groups is 1. The van der Waals surface area contributed by atoms with Crippen LogP contribution >= 0.6 is 0 Å². The summed E-state index contributed by atoms with van der Waals surface area (Å²) in [5.41, 5.74) is 2.38. The third-order valence-electron chi connectivity index (χ3n) is 7.10. The van der Waals surface area contributed by atoms with Crippen molar-refractivity contribution in [1.29, 1.82) is 0 Å². The summed E-state index contributed by atoms with van der Waals surface area (Å²) in [6.07, 6.45) is 5.83. The van der Waals surface area contributed by atoms with Crippen molar-refractivity contribution in [3.05, 3.63) is 41.7 Å². The Labute approximate surface area is 207 Å². The molecule has 190 valence electrons. The molecule has 2 aliphatic rings. The molecule has 1 aromatic carbocycles. The molecule has 9 heteroatoms. The maximum absolute atomic E-state index is 15.0. The first kappa shape index (κ1) is 25.3. The van der Waals surface area contributed by atoms with Gasteiger partial charge in [-0.2, -0.15) is 0 Å². The molecule has 4 rings (SSSR count). The number of aromatic nitrogens is 2. The van der Waals surface area contributed by atoms with E-state index in [2.05, 4.69) is 32.1 Å². The quantitative estimate of drug-likeness (QED) is 0.606. The van der Waals surface area contributed by atoms with Gasteiger partial charge in [-0.15, -0.1) is 0 Å². The normalized spacial score (nSPS) is 18.7. The lowest BCUT2D eigenvalue weighted by molar-refractivity contribution is 0.145. The lowest BCUT2D eigenvalue weighted by atomic mass is 9.91. The van der Waals surface area contributed by atoms with Crippen molar-refractivity contribution in [2.45, 2.75) is 39.0 Å². The number of nitrogens with zero attached hydrogens (tertiary/aromatic N) is 5. The average molecular weight is 485 g/mol. The summed E-state index contributed by atoms with van der Waals surface area (Å²) in [6, 6.07) is 3.12. The van der Waals surface area contributed by atoms with Gasteiger partial charge in [-0.05, 0) is 46.2 Å². The highest BCUT2D eigenvalue weighted by molar-refractivity contribution is 5.83. The van der Waals surface area contributed by atoms with Crippen molar-refractivity contribution in [1.82, 2.24) is 30.0 Å². The Morgan fingerprint density at radius 2 is 1.91 bits per heavy atom. The average Bonchev–Trinajstić information content (AvgIpc) is 2.87. The van der Waals surface area contributed by atoms with Gasteiger partial charge >= 0.3 is 6.03 Å². The van der Waals surface area contributed by atoms with Crippen LogP contribution in [-0.4, -0.2) is 90.2 Å². The Bertz CT molecular complexity index is 1050. The number of piperazine rings is 1. The molecule has 0 unspecified atom stereocenters. The van der Waals surface area contributed by atoms with E-state index in [9.17, 15) is 9.18 Å². The molecule has 0 atom stereocenters. The molecule has 0 spiro atoms. The van der Waals surface area contributed by atoms with E-state index in [1.54, 1.807) is 12.4 Å². The van der Waals surface area contributed by atoms with Crippen LogP contribution in [0.15, 0.2) is 30.2 Å². The number of benzene rings is 1. The number of halogens is 1. The second-order valence-electron chi connectivity index (χ2n) is 9.57. The Kier molecular flexibility index (Phi) is 8.51. The van der Waals surface area contributed by atoms with Crippen molar-refractivity contribution in [3.8, 4) is 5.75 Å². The summed E-state index contributed by atoms with van der Waals surface area (Å²) in [6.45, 7) is 10.8. The van der Waals surface area contributed by atoms with Crippen LogP contribution in [0, 0.1) is 5.82 Å². The smallest absolute Gasteiger partial charge is 0.321 e. The molecule has 2 aromatic rings. The van der Waals surface area contributed by atoms with E-state index in [1.165, 1.54) is 6.07 Å². The number of rotatable bonds is 7. The maximum Gasteiger partial charge on any atom is 0.321 e. The van der Waals surface area contributed by atoms with E-state index in [4.69, 9.17) is 4.74 Å². The fourth-order valence-corrected chi connectivity index (χ4v) is 4.73. The highest BCUT2D eigenvalue weighted by atomic mass is 19.1. The molecule has 0 aliphatic carbocycles. The molecule has 3 heterocycles. The van der Waals surface area contributed by atoms with Crippen molar-refractivity contribution in [2.24, 2.45) is 0 Å². The molecular formula is C26H37FN6O2. The zero-order valence-electron chi connectivity index (χ0n) is 21.1. The molecule has 0 bridgehead atoms. The third-order valence-corrected chi connectivity index (χ3v) is 7.10. The first-order valence-electron chi connectivity index (χ1n) is 12.6. The van der Waals surface area contributed by atoms with E-state index in [0.717, 1.165) is 68.8 Å². The number of likely N-dealkylation sites (N-methyl/N-ethyl adjacent to an activating group) is 1. The molecule has 2 amide bonds. The van der Waals surface area contributed by atoms with Gasteiger partial charge in [-0.25, -0.2) is 19.2 Å². The highest BCUT2D eigenvalue weighted by Crippen LogP contribution is 2.33. The number of likely N-dealkylation sites (tertiary alicyclic amines) is 1. The van der Waals surface area contributed by atoms with E-state index < -0.39 is 0 Å². The number of nitrogens with one attached hydrogen (secondary N) is 1. The van der Waals surface area contributed by atoms with Gasteiger partial charge in [0.05, 0.1) is 17.8 Å². The molecule has 1 N–H and O–H groups in total. The first-order chi connectivity index (χ1) is 16.9. The lowest BCUT2D eigenvalue weighted by Crippen LogP contribution is -2.44. The van der Waals surface area contributed by atoms with Gasteiger partial charge in [0.15, 0.2) is 11.6 Å². The Balaban J connectivity index is 1.35. The van der Waals surface area contributed by atoms with Crippen molar-refractivity contribution in [3.63, 3.8) is 0 Å². The van der Waals surface area contributed by atoms with Crippen LogP contribution in [0.4, 0.5) is 9.18 Å². The molecule has 0 radical (unpaired) electrons. The number of carbonyl (C=O) groups excluding carboxylic acids is 1. The van der Waals surface area contributed by atoms with Crippen LogP contribution in [-0.2, 0) is 0 Å². The summed E-state index contributed by atoms with van der Waals surface area (Å²) in [7, 11) is 2.15. The number of ether oxygens (including phenoxy) is 1. The zero-order chi connectivity index (χ0) is 24.8. The fraction of sp³-hybridized carbons (Fsp3) is 0.577. The standard InChI is InChI=1S/C26H37FN6O2/c1-4-19(2)30-26(34)33-9-6-20(7-10-33)25-21-16-22(27)24(17-23(21)28-18-29-25)35-15-5-8-32-13-11-31(3)12-14-32/h4,16-18,20H,5-15H2,1-3H3,(H,30,34)/b19-4+. The van der Waals surface area contributed by atoms with Gasteiger partial charge in [0.25, 0.3) is 0 Å². The van der Waals surface area contributed by atoms with Gasteiger partial charge in [-0.1, -0.05) is 6.08 Å². The Morgan fingerprint density at radius 3 is 2.63 bits per heavy atom. The van der Waals surface area contributed by atoms with Gasteiger partial charge in [0.1, 0.15) is 6.33 Å². The predicted molar refractivity (Wildman–Crippen MR) is 135 cm³/mol. The fourth-order valence-electron chi connectivity index (χ4n) is 4.73. The molecule has 8 nitrogen and oxygen atoms in total. The number of amides is 2. The summed E-state index contributed by atoms with van der Waals surface area (Å²) in [5, 5.41) is 3.62. The van der Waals surface area contributed by atoms with Gasteiger partial charge in [0.2, 0.25) is 0 Å². The van der Waals surface area contributed by atoms with Gasteiger partial charge in [0, 0.05) is 68.9 Å². The third kappa shape index (κ3) is 6.46. The number of piperidine rings is 1. The summed E-state index contributed by atoms with van der Waals surface area (Å²) in [5.74, 6) is 0.0141. The van der Waals surface area contributed by atoms with E-state index >= 15 is 0 Å². The molecule has 2 aliphatic heterocycles. The van der Waals surface area contributed by atoms with Crippen LogP contribution < -0.4 is 10.1 Å². The van der Waals surface area contributed by atoms with Gasteiger partial charge in [-0.3, -0.25) is 0 Å². The van der Waals surface area contributed by atoms with Crippen LogP contribution in [0.3, 0.4) is 0 Å². The SMILES string of the molecule is C/C=C(\C)NC(=O)N1CCC(c2ncnc3cc(OCCCN4CCN(C)CC4)c(F)cc23)CC1. The lowest BCUT2D eigenvalue weighted by Gasteiger charge is -2.32. The Hall–Kier alpha value is -2.78. The molecule has 1 aromatic heterocycles. The largest absolute Gasteiger partial charge is 0.490 e. The molecule has 0 saturated carbocycles. The molecule has 35 heavy (non-hydrogen) atoms. The second-order valence-corrected chi connectivity index (χ2v) is 9.57. The van der Waals surface area contributed by atoms with E-state index in [-0.39, 0.29) is 23.5 Å². The Morgan fingerprint density at radius 1 is 1.17 bits per heavy atom. The summed E-state index contributed by atoms with van der Waals surface area (Å²) in [4.78, 5) is 27.9. The van der Waals surface area contributed by atoms with Gasteiger partial charge < -0.3 is 24.8 Å². The van der Waals surface area contributed by atoms with Crippen molar-refractivity contribution < 1.29 is 13.9 Å². The molecular weight excluding hydrogens is 447 g/mol. The van der Waals surface area contributed by atoms with E-state index in [1.807, 2.05) is 24.8 Å². The highest BCUT2D eigenvalue weighted by Gasteiger charge is 2.26. The number of hydrogen-bond donors (Lipinski definition) is 1. The molecule has 2 fully saturated rings. The first-order valence-corrected chi connectivity index (χ1v) is 12.6. The minimum Gasteiger partial charge on any atom is -0.490 e. The predicted octanol–water partition coefficient (Wildman–Crippen LogP) is 3.60. The minimum atomic E-state index is -0.383. The van der Waals surface area contributed by atoms with Crippen LogP contribution in [0.5, 0.6) is 5.75 Å². The maximum atomic E-state index is 15.0. The van der Waals surface area contributed by atoms with Crippen LogP contribution in [0.2, 0.25) is 0 Å². The van der Waals surface area contributed by atoms with Crippen LogP contribution in [0.25, 0.3) is 10.9 Å². The molecule has 2 saturated heterocycles. The van der Waals surface area contributed by atoms with Crippen molar-refractivity contribution in [2.75, 3.05) is 59.5 Å².